The average Bonchev–Trinajstić information content (AvgIpc) is 2.61. The Labute approximate surface area is 162 Å². The van der Waals surface area contributed by atoms with Crippen LogP contribution in [0.2, 0.25) is 0 Å². The van der Waals surface area contributed by atoms with Crippen molar-refractivity contribution < 1.29 is 38.1 Å². The van der Waals surface area contributed by atoms with Crippen molar-refractivity contribution in [3.63, 3.8) is 0 Å². The molecular formula is C18H36O8S. The lowest BCUT2D eigenvalue weighted by Gasteiger charge is -2.24. The zero-order valence-corrected chi connectivity index (χ0v) is 17.1. The molecule has 0 rings (SSSR count). The fourth-order valence-corrected chi connectivity index (χ4v) is 4.06. The molecule has 0 amide bonds. The van der Waals surface area contributed by atoms with Crippen LogP contribution in [0.5, 0.6) is 0 Å². The molecule has 0 bridgehead atoms. The van der Waals surface area contributed by atoms with E-state index in [4.69, 9.17) is 5.26 Å². The number of rotatable bonds is 17. The first-order chi connectivity index (χ1) is 12.7. The minimum atomic E-state index is -4.46. The van der Waals surface area contributed by atoms with Crippen LogP contribution in [-0.2, 0) is 19.8 Å². The van der Waals surface area contributed by atoms with E-state index in [9.17, 15) is 28.0 Å². The second kappa shape index (κ2) is 15.2. The summed E-state index contributed by atoms with van der Waals surface area (Å²) in [5, 5.41) is 27.0. The molecular weight excluding hydrogens is 376 g/mol. The minimum absolute atomic E-state index is 0.0611. The van der Waals surface area contributed by atoms with Gasteiger partial charge in [-0.25, -0.2) is 4.79 Å². The average molecular weight is 413 g/mol. The van der Waals surface area contributed by atoms with Crippen LogP contribution in [0.4, 0.5) is 0 Å². The van der Waals surface area contributed by atoms with E-state index in [1.54, 1.807) is 0 Å². The molecule has 0 aromatic carbocycles. The summed E-state index contributed by atoms with van der Waals surface area (Å²) in [5.74, 6) is -0.687. The molecule has 4 N–H and O–H groups in total. The highest BCUT2D eigenvalue weighted by Gasteiger charge is 2.34. The molecule has 3 atom stereocenters. The van der Waals surface area contributed by atoms with Crippen molar-refractivity contribution in [2.45, 2.75) is 108 Å². The largest absolute Gasteiger partial charge is 0.390 e. The van der Waals surface area contributed by atoms with Crippen molar-refractivity contribution in [1.29, 1.82) is 0 Å². The highest BCUT2D eigenvalue weighted by atomic mass is 32.2. The maximum atomic E-state index is 11.6. The number of unbranched alkanes of at least 4 members (excludes halogenated alkanes) is 8. The zero-order valence-electron chi connectivity index (χ0n) is 16.3. The van der Waals surface area contributed by atoms with Gasteiger partial charge in [0.15, 0.2) is 0 Å². The van der Waals surface area contributed by atoms with Crippen molar-refractivity contribution >= 4 is 16.1 Å². The predicted molar refractivity (Wildman–Crippen MR) is 102 cm³/mol. The monoisotopic (exact) mass is 412 g/mol. The second-order valence-electron chi connectivity index (χ2n) is 7.08. The van der Waals surface area contributed by atoms with E-state index in [-0.39, 0.29) is 12.8 Å². The van der Waals surface area contributed by atoms with Crippen LogP contribution in [0.1, 0.15) is 90.4 Å². The maximum Gasteiger partial charge on any atom is 0.342 e. The summed E-state index contributed by atoms with van der Waals surface area (Å²) in [6, 6.07) is 0. The summed E-state index contributed by atoms with van der Waals surface area (Å²) in [7, 11) is -4.46. The highest BCUT2D eigenvalue weighted by Crippen LogP contribution is 2.20. The lowest BCUT2D eigenvalue weighted by atomic mass is 9.99. The zero-order chi connectivity index (χ0) is 20.7. The molecule has 8 nitrogen and oxygen atoms in total. The van der Waals surface area contributed by atoms with Gasteiger partial charge in [0.1, 0.15) is 5.25 Å². The first-order valence-electron chi connectivity index (χ1n) is 9.90. The third-order valence-corrected chi connectivity index (χ3v) is 6.01. The second-order valence-corrected chi connectivity index (χ2v) is 8.72. The van der Waals surface area contributed by atoms with Gasteiger partial charge >= 0.3 is 5.97 Å². The Hall–Kier alpha value is -0.740. The Morgan fingerprint density at radius 3 is 1.96 bits per heavy atom. The van der Waals surface area contributed by atoms with E-state index in [0.717, 1.165) is 32.1 Å². The number of hydrogen-bond acceptors (Lipinski definition) is 7. The van der Waals surface area contributed by atoms with Gasteiger partial charge in [0.2, 0.25) is 0 Å². The van der Waals surface area contributed by atoms with Crippen LogP contribution in [0, 0.1) is 0 Å². The van der Waals surface area contributed by atoms with Gasteiger partial charge in [0.05, 0.1) is 12.2 Å². The molecule has 0 spiro atoms. The van der Waals surface area contributed by atoms with Gasteiger partial charge in [-0.15, -0.1) is 0 Å². The van der Waals surface area contributed by atoms with Gasteiger partial charge in [0.25, 0.3) is 10.1 Å². The SMILES string of the molecule is CCCCCCCC(O)C(O)C(CCCCCCCC(=O)OO)S(=O)(=O)O. The molecule has 0 aliphatic heterocycles. The van der Waals surface area contributed by atoms with Crippen LogP contribution in [0.25, 0.3) is 0 Å². The van der Waals surface area contributed by atoms with Crippen molar-refractivity contribution in [3.8, 4) is 0 Å². The van der Waals surface area contributed by atoms with Gasteiger partial charge in [-0.1, -0.05) is 64.7 Å². The standard InChI is InChI=1S/C18H36O8S/c1-2-3-4-6-9-12-15(19)18(21)16(27(23,24)25)13-10-7-5-8-11-14-17(20)26-22/h15-16,18-19,21-22H,2-14H2,1H3,(H,23,24,25). The quantitative estimate of drug-likeness (QED) is 0.124. The number of hydrogen-bond donors (Lipinski definition) is 4. The van der Waals surface area contributed by atoms with E-state index in [0.29, 0.717) is 38.5 Å². The first-order valence-corrected chi connectivity index (χ1v) is 11.4. The third kappa shape index (κ3) is 13.1. The van der Waals surface area contributed by atoms with Crippen LogP contribution in [0.15, 0.2) is 0 Å². The molecule has 27 heavy (non-hydrogen) atoms. The first kappa shape index (κ1) is 26.3. The Kier molecular flexibility index (Phi) is 14.8. The molecule has 0 saturated carbocycles. The Morgan fingerprint density at radius 2 is 1.41 bits per heavy atom. The van der Waals surface area contributed by atoms with Gasteiger partial charge in [0, 0.05) is 6.42 Å². The minimum Gasteiger partial charge on any atom is -0.390 e. The van der Waals surface area contributed by atoms with Gasteiger partial charge in [-0.05, 0) is 19.3 Å². The summed E-state index contributed by atoms with van der Waals surface area (Å²) >= 11 is 0. The van der Waals surface area contributed by atoms with Crippen LogP contribution in [0.3, 0.4) is 0 Å². The van der Waals surface area contributed by atoms with E-state index in [1.165, 1.54) is 0 Å². The van der Waals surface area contributed by atoms with Crippen LogP contribution >= 0.6 is 0 Å². The maximum absolute atomic E-state index is 11.6. The van der Waals surface area contributed by atoms with Crippen LogP contribution < -0.4 is 0 Å². The Balaban J connectivity index is 4.21. The van der Waals surface area contributed by atoms with Crippen molar-refractivity contribution in [1.82, 2.24) is 0 Å². The molecule has 9 heteroatoms. The summed E-state index contributed by atoms with van der Waals surface area (Å²) in [6.07, 6.45) is 5.80. The van der Waals surface area contributed by atoms with Crippen molar-refractivity contribution in [2.75, 3.05) is 0 Å². The number of aliphatic hydroxyl groups excluding tert-OH is 2. The van der Waals surface area contributed by atoms with Crippen molar-refractivity contribution in [3.05, 3.63) is 0 Å². The van der Waals surface area contributed by atoms with E-state index in [1.807, 2.05) is 0 Å². The molecule has 0 aromatic heterocycles. The highest BCUT2D eigenvalue weighted by molar-refractivity contribution is 7.86. The van der Waals surface area contributed by atoms with Gasteiger partial charge < -0.3 is 15.1 Å². The molecule has 0 aromatic rings. The van der Waals surface area contributed by atoms with E-state index < -0.39 is 33.5 Å². The summed E-state index contributed by atoms with van der Waals surface area (Å²) in [4.78, 5) is 14.3. The molecule has 0 aliphatic rings. The number of carbonyl (C=O) groups is 1. The van der Waals surface area contributed by atoms with Crippen molar-refractivity contribution in [2.24, 2.45) is 0 Å². The fourth-order valence-electron chi connectivity index (χ4n) is 3.06. The smallest absolute Gasteiger partial charge is 0.342 e. The molecule has 162 valence electrons. The molecule has 0 radical (unpaired) electrons. The fraction of sp³-hybridized carbons (Fsp3) is 0.944. The summed E-state index contributed by atoms with van der Waals surface area (Å²) < 4.78 is 32.5. The molecule has 3 unspecified atom stereocenters. The van der Waals surface area contributed by atoms with Gasteiger partial charge in [-0.3, -0.25) is 4.55 Å². The predicted octanol–water partition coefficient (Wildman–Crippen LogP) is 3.07. The molecule has 0 fully saturated rings. The van der Waals surface area contributed by atoms with Gasteiger partial charge in [-0.2, -0.15) is 13.7 Å². The topological polar surface area (TPSA) is 141 Å². The lowest BCUT2D eigenvalue weighted by molar-refractivity contribution is -0.234. The molecule has 0 saturated heterocycles. The number of aliphatic hydroxyl groups is 2. The van der Waals surface area contributed by atoms with E-state index in [2.05, 4.69) is 11.8 Å². The Bertz CT molecular complexity index is 480. The normalized spacial score (nSPS) is 15.3. The molecule has 0 heterocycles. The molecule has 0 aliphatic carbocycles. The van der Waals surface area contributed by atoms with Crippen LogP contribution in [-0.4, -0.2) is 51.9 Å². The Morgan fingerprint density at radius 1 is 0.889 bits per heavy atom. The lowest BCUT2D eigenvalue weighted by Crippen LogP contribution is -2.42. The summed E-state index contributed by atoms with van der Waals surface area (Å²) in [5.41, 5.74) is 0. The number of carbonyl (C=O) groups excluding carboxylic acids is 1. The van der Waals surface area contributed by atoms with E-state index >= 15 is 0 Å². The third-order valence-electron chi connectivity index (χ3n) is 4.73. The summed E-state index contributed by atoms with van der Waals surface area (Å²) in [6.45, 7) is 2.10.